The zero-order chi connectivity index (χ0) is 13.1. The molecule has 0 saturated carbocycles. The van der Waals surface area contributed by atoms with Crippen molar-refractivity contribution in [2.24, 2.45) is 0 Å². The highest BCUT2D eigenvalue weighted by Crippen LogP contribution is 2.24. The molecule has 1 fully saturated rings. The lowest BCUT2D eigenvalue weighted by Crippen LogP contribution is -2.36. The van der Waals surface area contributed by atoms with Gasteiger partial charge in [0.05, 0.1) is 6.10 Å². The van der Waals surface area contributed by atoms with Gasteiger partial charge in [-0.2, -0.15) is 0 Å². The summed E-state index contributed by atoms with van der Waals surface area (Å²) in [5.41, 5.74) is 1.26. The first-order valence-corrected chi connectivity index (χ1v) is 7.20. The molecule has 100 valence electrons. The quantitative estimate of drug-likeness (QED) is 0.894. The lowest BCUT2D eigenvalue weighted by molar-refractivity contribution is -0.0357. The molecule has 0 bridgehead atoms. The molecule has 1 N–H and O–H groups in total. The van der Waals surface area contributed by atoms with E-state index < -0.39 is 0 Å². The number of ether oxygens (including phenoxy) is 1. The first-order chi connectivity index (χ1) is 9.33. The highest BCUT2D eigenvalue weighted by molar-refractivity contribution is 5.83. The molecular weight excluding hydrogens is 234 g/mol. The molecule has 19 heavy (non-hydrogen) atoms. The fourth-order valence-electron chi connectivity index (χ4n) is 2.72. The van der Waals surface area contributed by atoms with E-state index in [2.05, 4.69) is 54.7 Å². The van der Waals surface area contributed by atoms with Gasteiger partial charge in [-0.15, -0.1) is 0 Å². The van der Waals surface area contributed by atoms with Crippen LogP contribution in [0.1, 0.15) is 37.9 Å². The van der Waals surface area contributed by atoms with E-state index in [-0.39, 0.29) is 12.3 Å². The summed E-state index contributed by atoms with van der Waals surface area (Å²) in [5, 5.41) is 6.01. The second kappa shape index (κ2) is 5.72. The number of hydrogen-bond acceptors (Lipinski definition) is 2. The van der Waals surface area contributed by atoms with Crippen LogP contribution in [0.2, 0.25) is 0 Å². The van der Waals surface area contributed by atoms with Gasteiger partial charge in [-0.25, -0.2) is 0 Å². The second-order valence-corrected chi connectivity index (χ2v) is 5.32. The molecule has 1 heterocycles. The van der Waals surface area contributed by atoms with Gasteiger partial charge in [-0.3, -0.25) is 5.32 Å². The van der Waals surface area contributed by atoms with Crippen LogP contribution in [0.3, 0.4) is 0 Å². The summed E-state index contributed by atoms with van der Waals surface area (Å²) in [6, 6.07) is 15.1. The van der Waals surface area contributed by atoms with Crippen LogP contribution in [-0.4, -0.2) is 12.8 Å². The Kier molecular flexibility index (Phi) is 3.81. The van der Waals surface area contributed by atoms with E-state index in [4.69, 9.17) is 4.74 Å². The molecule has 2 atom stereocenters. The highest BCUT2D eigenvalue weighted by atomic mass is 16.5. The molecule has 3 rings (SSSR count). The van der Waals surface area contributed by atoms with Crippen molar-refractivity contribution >= 4 is 10.8 Å². The van der Waals surface area contributed by atoms with Crippen molar-refractivity contribution in [2.75, 3.05) is 6.54 Å². The van der Waals surface area contributed by atoms with E-state index in [0.717, 1.165) is 13.0 Å². The zero-order valence-corrected chi connectivity index (χ0v) is 11.4. The van der Waals surface area contributed by atoms with E-state index in [1.54, 1.807) is 0 Å². The van der Waals surface area contributed by atoms with Crippen LogP contribution in [0.25, 0.3) is 10.8 Å². The molecule has 0 spiro atoms. The van der Waals surface area contributed by atoms with Crippen LogP contribution in [0.15, 0.2) is 42.5 Å². The largest absolute Gasteiger partial charge is 0.356 e. The Bertz CT molecular complexity index is 546. The Morgan fingerprint density at radius 3 is 2.74 bits per heavy atom. The van der Waals surface area contributed by atoms with E-state index in [0.29, 0.717) is 0 Å². The van der Waals surface area contributed by atoms with Gasteiger partial charge in [0.25, 0.3) is 0 Å². The lowest BCUT2D eigenvalue weighted by atomic mass is 10.0. The van der Waals surface area contributed by atoms with E-state index >= 15 is 0 Å². The van der Waals surface area contributed by atoms with E-state index in [1.165, 1.54) is 29.2 Å². The fourth-order valence-corrected chi connectivity index (χ4v) is 2.72. The predicted molar refractivity (Wildman–Crippen MR) is 79.1 cm³/mol. The van der Waals surface area contributed by atoms with Crippen LogP contribution < -0.4 is 5.32 Å². The zero-order valence-electron chi connectivity index (χ0n) is 11.4. The SMILES string of the molecule is CC(OC1CCCCN1)c1ccc2ccccc2c1. The van der Waals surface area contributed by atoms with Gasteiger partial charge in [0.1, 0.15) is 6.23 Å². The number of benzene rings is 2. The number of fused-ring (bicyclic) bond motifs is 1. The van der Waals surface area contributed by atoms with Crippen molar-refractivity contribution in [3.8, 4) is 0 Å². The summed E-state index contributed by atoms with van der Waals surface area (Å²) in [6.07, 6.45) is 4.01. The Labute approximate surface area is 114 Å². The van der Waals surface area contributed by atoms with Gasteiger partial charge in [0.15, 0.2) is 0 Å². The summed E-state index contributed by atoms with van der Waals surface area (Å²) < 4.78 is 6.12. The summed E-state index contributed by atoms with van der Waals surface area (Å²) in [4.78, 5) is 0. The maximum atomic E-state index is 6.12. The maximum Gasteiger partial charge on any atom is 0.108 e. The average Bonchev–Trinajstić information content (AvgIpc) is 2.48. The molecule has 0 aliphatic carbocycles. The Morgan fingerprint density at radius 2 is 1.95 bits per heavy atom. The highest BCUT2D eigenvalue weighted by Gasteiger charge is 2.17. The minimum absolute atomic E-state index is 0.139. The maximum absolute atomic E-state index is 6.12. The summed E-state index contributed by atoms with van der Waals surface area (Å²) in [7, 11) is 0. The summed E-state index contributed by atoms with van der Waals surface area (Å²) in [6.45, 7) is 3.22. The van der Waals surface area contributed by atoms with Crippen molar-refractivity contribution < 1.29 is 4.74 Å². The summed E-state index contributed by atoms with van der Waals surface area (Å²) >= 11 is 0. The van der Waals surface area contributed by atoms with Crippen molar-refractivity contribution in [1.29, 1.82) is 0 Å². The number of rotatable bonds is 3. The molecule has 2 unspecified atom stereocenters. The van der Waals surface area contributed by atoms with Crippen molar-refractivity contribution in [2.45, 2.75) is 38.5 Å². The molecule has 2 heteroatoms. The third-order valence-electron chi connectivity index (χ3n) is 3.88. The molecular formula is C17H21NO. The van der Waals surface area contributed by atoms with Gasteiger partial charge >= 0.3 is 0 Å². The smallest absolute Gasteiger partial charge is 0.108 e. The predicted octanol–water partition coefficient (Wildman–Crippen LogP) is 4.02. The number of piperidine rings is 1. The molecule has 2 aromatic rings. The molecule has 1 aliphatic rings. The molecule has 2 nitrogen and oxygen atoms in total. The molecule has 2 aromatic carbocycles. The Morgan fingerprint density at radius 1 is 1.11 bits per heavy atom. The van der Waals surface area contributed by atoms with E-state index in [9.17, 15) is 0 Å². The second-order valence-electron chi connectivity index (χ2n) is 5.32. The number of nitrogens with one attached hydrogen (secondary N) is 1. The van der Waals surface area contributed by atoms with Crippen LogP contribution in [-0.2, 0) is 4.74 Å². The van der Waals surface area contributed by atoms with Crippen molar-refractivity contribution in [1.82, 2.24) is 5.32 Å². The van der Waals surface area contributed by atoms with E-state index in [1.807, 2.05) is 0 Å². The monoisotopic (exact) mass is 255 g/mol. The third kappa shape index (κ3) is 2.96. The normalized spacial score (nSPS) is 21.4. The Balaban J connectivity index is 1.75. The standard InChI is InChI=1S/C17H21NO/c1-13(19-17-8-4-5-11-18-17)15-10-9-14-6-2-3-7-16(14)12-15/h2-3,6-7,9-10,12-13,17-18H,4-5,8,11H2,1H3. The third-order valence-corrected chi connectivity index (χ3v) is 3.88. The van der Waals surface area contributed by atoms with Gasteiger partial charge in [0.2, 0.25) is 0 Å². The summed E-state index contributed by atoms with van der Waals surface area (Å²) in [5.74, 6) is 0. The van der Waals surface area contributed by atoms with Crippen molar-refractivity contribution in [3.63, 3.8) is 0 Å². The van der Waals surface area contributed by atoms with Gasteiger partial charge in [-0.1, -0.05) is 36.4 Å². The molecule has 0 radical (unpaired) electrons. The van der Waals surface area contributed by atoms with Crippen LogP contribution in [0, 0.1) is 0 Å². The molecule has 1 aliphatic heterocycles. The minimum Gasteiger partial charge on any atom is -0.356 e. The first kappa shape index (κ1) is 12.6. The Hall–Kier alpha value is -1.38. The van der Waals surface area contributed by atoms with Gasteiger partial charge < -0.3 is 4.74 Å². The lowest BCUT2D eigenvalue weighted by Gasteiger charge is -2.27. The first-order valence-electron chi connectivity index (χ1n) is 7.20. The molecule has 0 amide bonds. The fraction of sp³-hybridized carbons (Fsp3) is 0.412. The van der Waals surface area contributed by atoms with Crippen LogP contribution in [0.4, 0.5) is 0 Å². The minimum atomic E-state index is 0.139. The van der Waals surface area contributed by atoms with Crippen molar-refractivity contribution in [3.05, 3.63) is 48.0 Å². The van der Waals surface area contributed by atoms with Gasteiger partial charge in [-0.05, 0) is 55.1 Å². The topological polar surface area (TPSA) is 21.3 Å². The van der Waals surface area contributed by atoms with Crippen LogP contribution >= 0.6 is 0 Å². The average molecular weight is 255 g/mol. The molecule has 1 saturated heterocycles. The van der Waals surface area contributed by atoms with Gasteiger partial charge in [0, 0.05) is 0 Å². The molecule has 0 aromatic heterocycles. The van der Waals surface area contributed by atoms with Crippen LogP contribution in [0.5, 0.6) is 0 Å². The number of hydrogen-bond donors (Lipinski definition) is 1.